The van der Waals surface area contributed by atoms with E-state index in [1.54, 1.807) is 24.3 Å². The third-order valence-corrected chi connectivity index (χ3v) is 3.04. The van der Waals surface area contributed by atoms with Crippen molar-refractivity contribution in [1.29, 1.82) is 5.26 Å². The van der Waals surface area contributed by atoms with Gasteiger partial charge in [-0.1, -0.05) is 35.3 Å². The molecule has 2 nitrogen and oxygen atoms in total. The van der Waals surface area contributed by atoms with Gasteiger partial charge >= 0.3 is 0 Å². The molecule has 0 saturated heterocycles. The summed E-state index contributed by atoms with van der Waals surface area (Å²) in [6.45, 7) is -0.00196. The molecule has 0 aliphatic heterocycles. The van der Waals surface area contributed by atoms with E-state index in [2.05, 4.69) is 0 Å². The van der Waals surface area contributed by atoms with E-state index in [1.165, 1.54) is 12.1 Å². The molecule has 2 rings (SSSR count). The summed E-state index contributed by atoms with van der Waals surface area (Å²) in [5.74, 6) is -0.127. The highest BCUT2D eigenvalue weighted by atomic mass is 35.5. The number of rotatable bonds is 3. The summed E-state index contributed by atoms with van der Waals surface area (Å²) in [5, 5.41) is 9.60. The van der Waals surface area contributed by atoms with E-state index in [-0.39, 0.29) is 12.2 Å². The zero-order valence-corrected chi connectivity index (χ0v) is 11.2. The molecule has 19 heavy (non-hydrogen) atoms. The van der Waals surface area contributed by atoms with Crippen LogP contribution in [0.2, 0.25) is 10.0 Å². The molecule has 0 N–H and O–H groups in total. The standard InChI is InChI=1S/C14H8Cl2FNO/c15-10-5-4-9(13(17)6-10)8-19-14-3-1-2-12(16)11(14)7-18/h1-6H,8H2. The van der Waals surface area contributed by atoms with E-state index in [0.717, 1.165) is 0 Å². The smallest absolute Gasteiger partial charge is 0.139 e. The molecule has 0 saturated carbocycles. The lowest BCUT2D eigenvalue weighted by Gasteiger charge is -2.09. The Kier molecular flexibility index (Phi) is 4.26. The summed E-state index contributed by atoms with van der Waals surface area (Å²) >= 11 is 11.5. The van der Waals surface area contributed by atoms with Crippen LogP contribution in [0.15, 0.2) is 36.4 Å². The van der Waals surface area contributed by atoms with Crippen molar-refractivity contribution in [1.82, 2.24) is 0 Å². The van der Waals surface area contributed by atoms with E-state index >= 15 is 0 Å². The number of ether oxygens (including phenoxy) is 1. The molecule has 0 radical (unpaired) electrons. The molecule has 0 spiro atoms. The summed E-state index contributed by atoms with van der Waals surface area (Å²) < 4.78 is 19.0. The Hall–Kier alpha value is -1.76. The number of hydrogen-bond donors (Lipinski definition) is 0. The highest BCUT2D eigenvalue weighted by Crippen LogP contribution is 2.26. The summed E-state index contributed by atoms with van der Waals surface area (Å²) in [5.41, 5.74) is 0.590. The average Bonchev–Trinajstić information content (AvgIpc) is 2.38. The molecular weight excluding hydrogens is 288 g/mol. The van der Waals surface area contributed by atoms with Crippen LogP contribution in [0.4, 0.5) is 4.39 Å². The van der Waals surface area contributed by atoms with Gasteiger partial charge in [-0.25, -0.2) is 4.39 Å². The quantitative estimate of drug-likeness (QED) is 0.830. The third-order valence-electron chi connectivity index (χ3n) is 2.49. The van der Waals surface area contributed by atoms with E-state index in [1.807, 2.05) is 6.07 Å². The van der Waals surface area contributed by atoms with Gasteiger partial charge in [0.05, 0.1) is 5.02 Å². The molecule has 0 aliphatic rings. The van der Waals surface area contributed by atoms with Crippen molar-refractivity contribution in [2.45, 2.75) is 6.61 Å². The van der Waals surface area contributed by atoms with Crippen molar-refractivity contribution in [3.63, 3.8) is 0 Å². The van der Waals surface area contributed by atoms with Crippen molar-refractivity contribution < 1.29 is 9.13 Å². The predicted octanol–water partition coefficient (Wildman–Crippen LogP) is 4.58. The molecule has 0 amide bonds. The minimum atomic E-state index is -0.451. The van der Waals surface area contributed by atoms with E-state index in [0.29, 0.717) is 21.4 Å². The van der Waals surface area contributed by atoms with E-state index in [9.17, 15) is 4.39 Å². The Morgan fingerprint density at radius 2 is 2.00 bits per heavy atom. The number of nitrogens with zero attached hydrogens (tertiary/aromatic N) is 1. The van der Waals surface area contributed by atoms with Gasteiger partial charge in [0.25, 0.3) is 0 Å². The molecule has 96 valence electrons. The van der Waals surface area contributed by atoms with Crippen LogP contribution in [-0.4, -0.2) is 0 Å². The predicted molar refractivity (Wildman–Crippen MR) is 71.9 cm³/mol. The Balaban J connectivity index is 2.20. The van der Waals surface area contributed by atoms with E-state index < -0.39 is 5.82 Å². The minimum Gasteiger partial charge on any atom is -0.487 e. The number of halogens is 3. The highest BCUT2D eigenvalue weighted by molar-refractivity contribution is 6.32. The van der Waals surface area contributed by atoms with Gasteiger partial charge in [-0.2, -0.15) is 5.26 Å². The maximum atomic E-state index is 13.6. The molecule has 0 bridgehead atoms. The van der Waals surface area contributed by atoms with Gasteiger partial charge in [0, 0.05) is 10.6 Å². The van der Waals surface area contributed by atoms with Gasteiger partial charge < -0.3 is 4.74 Å². The molecule has 0 aromatic heterocycles. The Morgan fingerprint density at radius 3 is 2.68 bits per heavy atom. The lowest BCUT2D eigenvalue weighted by atomic mass is 10.2. The van der Waals surface area contributed by atoms with Gasteiger partial charge in [-0.05, 0) is 24.3 Å². The van der Waals surface area contributed by atoms with Gasteiger partial charge in [0.2, 0.25) is 0 Å². The van der Waals surface area contributed by atoms with Crippen LogP contribution in [0.1, 0.15) is 11.1 Å². The normalized spacial score (nSPS) is 10.0. The molecule has 0 atom stereocenters. The molecule has 0 unspecified atom stereocenters. The van der Waals surface area contributed by atoms with Crippen LogP contribution >= 0.6 is 23.2 Å². The van der Waals surface area contributed by atoms with Gasteiger partial charge in [0.15, 0.2) is 0 Å². The second-order valence-corrected chi connectivity index (χ2v) is 4.59. The van der Waals surface area contributed by atoms with Gasteiger partial charge in [-0.3, -0.25) is 0 Å². The lowest BCUT2D eigenvalue weighted by Crippen LogP contribution is -2.00. The maximum Gasteiger partial charge on any atom is 0.139 e. The number of hydrogen-bond acceptors (Lipinski definition) is 2. The first-order valence-corrected chi connectivity index (χ1v) is 6.12. The van der Waals surface area contributed by atoms with Crippen LogP contribution in [0.25, 0.3) is 0 Å². The fourth-order valence-corrected chi connectivity index (χ4v) is 1.89. The second-order valence-electron chi connectivity index (χ2n) is 3.75. The molecule has 2 aromatic carbocycles. The first-order chi connectivity index (χ1) is 9.11. The molecule has 5 heteroatoms. The van der Waals surface area contributed by atoms with Crippen molar-refractivity contribution >= 4 is 23.2 Å². The number of benzene rings is 2. The second kappa shape index (κ2) is 5.92. The molecule has 0 aliphatic carbocycles. The minimum absolute atomic E-state index is 0.00196. The first kappa shape index (κ1) is 13.7. The van der Waals surface area contributed by atoms with Crippen molar-refractivity contribution in [3.05, 3.63) is 63.4 Å². The summed E-state index contributed by atoms with van der Waals surface area (Å²) in [6, 6.07) is 11.1. The SMILES string of the molecule is N#Cc1c(Cl)cccc1OCc1ccc(Cl)cc1F. The summed E-state index contributed by atoms with van der Waals surface area (Å²) in [7, 11) is 0. The van der Waals surface area contributed by atoms with Gasteiger partial charge in [0.1, 0.15) is 29.8 Å². The fraction of sp³-hybridized carbons (Fsp3) is 0.0714. The van der Waals surface area contributed by atoms with Crippen molar-refractivity contribution in [2.75, 3.05) is 0 Å². The monoisotopic (exact) mass is 295 g/mol. The Bertz CT molecular complexity index is 652. The molecule has 2 aromatic rings. The van der Waals surface area contributed by atoms with E-state index in [4.69, 9.17) is 33.2 Å². The van der Waals surface area contributed by atoms with Crippen LogP contribution in [-0.2, 0) is 6.61 Å². The molecule has 0 fully saturated rings. The molecular formula is C14H8Cl2FNO. The Morgan fingerprint density at radius 1 is 1.21 bits per heavy atom. The zero-order chi connectivity index (χ0) is 13.8. The van der Waals surface area contributed by atoms with Crippen LogP contribution < -0.4 is 4.74 Å². The summed E-state index contributed by atoms with van der Waals surface area (Å²) in [6.07, 6.45) is 0. The molecule has 0 heterocycles. The lowest BCUT2D eigenvalue weighted by molar-refractivity contribution is 0.299. The largest absolute Gasteiger partial charge is 0.487 e. The first-order valence-electron chi connectivity index (χ1n) is 5.37. The summed E-state index contributed by atoms with van der Waals surface area (Å²) in [4.78, 5) is 0. The highest BCUT2D eigenvalue weighted by Gasteiger charge is 2.09. The van der Waals surface area contributed by atoms with Crippen LogP contribution in [0.5, 0.6) is 5.75 Å². The number of nitriles is 1. The van der Waals surface area contributed by atoms with Crippen molar-refractivity contribution in [3.8, 4) is 11.8 Å². The van der Waals surface area contributed by atoms with Gasteiger partial charge in [-0.15, -0.1) is 0 Å². The fourth-order valence-electron chi connectivity index (χ4n) is 1.53. The zero-order valence-electron chi connectivity index (χ0n) is 9.66. The topological polar surface area (TPSA) is 33.0 Å². The average molecular weight is 296 g/mol. The maximum absolute atomic E-state index is 13.6. The van der Waals surface area contributed by atoms with Crippen LogP contribution in [0.3, 0.4) is 0 Å². The third kappa shape index (κ3) is 3.17. The van der Waals surface area contributed by atoms with Crippen molar-refractivity contribution in [2.24, 2.45) is 0 Å². The Labute approximate surface area is 119 Å². The van der Waals surface area contributed by atoms with Crippen LogP contribution in [0, 0.1) is 17.1 Å².